The van der Waals surface area contributed by atoms with Crippen molar-refractivity contribution in [2.45, 2.75) is 36.2 Å². The van der Waals surface area contributed by atoms with Gasteiger partial charge in [-0.3, -0.25) is 4.79 Å². The summed E-state index contributed by atoms with van der Waals surface area (Å²) in [5.41, 5.74) is 0.642. The molecule has 0 aliphatic carbocycles. The van der Waals surface area contributed by atoms with Crippen LogP contribution >= 0.6 is 0 Å². The van der Waals surface area contributed by atoms with Gasteiger partial charge in [0.2, 0.25) is 20.0 Å². The molecule has 0 unspecified atom stereocenters. The van der Waals surface area contributed by atoms with Gasteiger partial charge in [0, 0.05) is 17.3 Å². The number of anilines is 1. The Hall–Kier alpha value is -2.99. The second-order valence-corrected chi connectivity index (χ2v) is 10.7. The van der Waals surface area contributed by atoms with Crippen LogP contribution in [0.1, 0.15) is 30.0 Å². The molecule has 9 nitrogen and oxygen atoms in total. The third kappa shape index (κ3) is 6.04. The molecule has 0 spiro atoms. The molecule has 0 bridgehead atoms. The first kappa shape index (κ1) is 23.7. The SMILES string of the molecule is CC(C)NS(=O)(=O)c1ccc(NC(=O)c2ccc(S(=O)(=O)NCc3ccco3)cc2)cc1. The molecular formula is C21H23N3O6S2. The van der Waals surface area contributed by atoms with Crippen molar-refractivity contribution in [3.8, 4) is 0 Å². The number of carbonyl (C=O) groups excluding carboxylic acids is 1. The zero-order chi connectivity index (χ0) is 23.4. The highest BCUT2D eigenvalue weighted by Gasteiger charge is 2.17. The number of rotatable bonds is 9. The third-order valence-corrected chi connectivity index (χ3v) is 7.35. The molecule has 3 rings (SSSR count). The number of sulfonamides is 2. The fourth-order valence-electron chi connectivity index (χ4n) is 2.75. The van der Waals surface area contributed by atoms with E-state index in [2.05, 4.69) is 14.8 Å². The Morgan fingerprint density at radius 2 is 1.47 bits per heavy atom. The highest BCUT2D eigenvalue weighted by Crippen LogP contribution is 2.17. The fraction of sp³-hybridized carbons (Fsp3) is 0.190. The smallest absolute Gasteiger partial charge is 0.255 e. The topological polar surface area (TPSA) is 135 Å². The molecule has 0 saturated heterocycles. The molecule has 3 aromatic rings. The Bertz CT molecular complexity index is 1270. The molecule has 0 saturated carbocycles. The summed E-state index contributed by atoms with van der Waals surface area (Å²) in [4.78, 5) is 12.6. The summed E-state index contributed by atoms with van der Waals surface area (Å²) in [6.07, 6.45) is 1.45. The first-order chi connectivity index (χ1) is 15.1. The van der Waals surface area contributed by atoms with Gasteiger partial charge in [-0.1, -0.05) is 0 Å². The molecule has 0 aliphatic heterocycles. The average Bonchev–Trinajstić information content (AvgIpc) is 3.26. The summed E-state index contributed by atoms with van der Waals surface area (Å²) < 4.78 is 59.1. The van der Waals surface area contributed by atoms with Gasteiger partial charge in [0.1, 0.15) is 5.76 Å². The van der Waals surface area contributed by atoms with Gasteiger partial charge in [-0.25, -0.2) is 26.3 Å². The standard InChI is InChI=1S/C21H23N3O6S2/c1-15(2)24-32(28,29)20-11-7-17(8-12-20)23-21(25)16-5-9-19(10-6-16)31(26,27)22-14-18-4-3-13-30-18/h3-13,15,22,24H,14H2,1-2H3,(H,23,25). The largest absolute Gasteiger partial charge is 0.468 e. The van der Waals surface area contributed by atoms with Crippen LogP contribution in [-0.2, 0) is 26.6 Å². The molecule has 32 heavy (non-hydrogen) atoms. The van der Waals surface area contributed by atoms with Crippen LogP contribution in [0.4, 0.5) is 5.69 Å². The molecule has 3 N–H and O–H groups in total. The predicted molar refractivity (Wildman–Crippen MR) is 119 cm³/mol. The van der Waals surface area contributed by atoms with Gasteiger partial charge in [0.25, 0.3) is 5.91 Å². The Morgan fingerprint density at radius 3 is 2.03 bits per heavy atom. The van der Waals surface area contributed by atoms with Crippen molar-refractivity contribution in [1.82, 2.24) is 9.44 Å². The van der Waals surface area contributed by atoms with Crippen LogP contribution in [0.25, 0.3) is 0 Å². The number of amides is 1. The number of hydrogen-bond donors (Lipinski definition) is 3. The quantitative estimate of drug-likeness (QED) is 0.434. The summed E-state index contributed by atoms with van der Waals surface area (Å²) in [7, 11) is -7.40. The molecule has 1 aromatic heterocycles. The van der Waals surface area contributed by atoms with E-state index in [0.717, 1.165) is 0 Å². The Labute approximate surface area is 186 Å². The van der Waals surface area contributed by atoms with Gasteiger partial charge in [-0.05, 0) is 74.5 Å². The normalized spacial score (nSPS) is 12.1. The lowest BCUT2D eigenvalue weighted by molar-refractivity contribution is 0.102. The third-order valence-electron chi connectivity index (χ3n) is 4.26. The second kappa shape index (κ2) is 9.65. The van der Waals surface area contributed by atoms with E-state index in [1.54, 1.807) is 26.0 Å². The maximum atomic E-state index is 12.5. The van der Waals surface area contributed by atoms with Gasteiger partial charge >= 0.3 is 0 Å². The zero-order valence-electron chi connectivity index (χ0n) is 17.4. The summed E-state index contributed by atoms with van der Waals surface area (Å²) in [6, 6.07) is 14.2. The first-order valence-electron chi connectivity index (χ1n) is 9.63. The number of furan rings is 1. The van der Waals surface area contributed by atoms with Gasteiger partial charge in [-0.2, -0.15) is 0 Å². The number of carbonyl (C=O) groups is 1. The van der Waals surface area contributed by atoms with Crippen LogP contribution in [0.15, 0.2) is 81.1 Å². The van der Waals surface area contributed by atoms with Gasteiger partial charge in [0.05, 0.1) is 22.6 Å². The molecule has 0 radical (unpaired) electrons. The minimum atomic E-state index is -3.77. The molecule has 1 amide bonds. The molecule has 0 atom stereocenters. The minimum Gasteiger partial charge on any atom is -0.468 e. The van der Waals surface area contributed by atoms with Crippen LogP contribution in [0.2, 0.25) is 0 Å². The van der Waals surface area contributed by atoms with Crippen LogP contribution in [-0.4, -0.2) is 28.8 Å². The lowest BCUT2D eigenvalue weighted by Gasteiger charge is -2.11. The maximum absolute atomic E-state index is 12.5. The molecule has 11 heteroatoms. The Morgan fingerprint density at radius 1 is 0.875 bits per heavy atom. The average molecular weight is 478 g/mol. The number of hydrogen-bond acceptors (Lipinski definition) is 6. The van der Waals surface area contributed by atoms with Crippen LogP contribution in [0.3, 0.4) is 0 Å². The van der Waals surface area contributed by atoms with Crippen molar-refractivity contribution in [1.29, 1.82) is 0 Å². The molecule has 170 valence electrons. The summed E-state index contributed by atoms with van der Waals surface area (Å²) in [5, 5.41) is 2.65. The van der Waals surface area contributed by atoms with Crippen molar-refractivity contribution >= 4 is 31.6 Å². The summed E-state index contributed by atoms with van der Waals surface area (Å²) >= 11 is 0. The summed E-state index contributed by atoms with van der Waals surface area (Å²) in [5.74, 6) is 0.0109. The monoisotopic (exact) mass is 477 g/mol. The zero-order valence-corrected chi connectivity index (χ0v) is 19.0. The van der Waals surface area contributed by atoms with Crippen LogP contribution < -0.4 is 14.8 Å². The van der Waals surface area contributed by atoms with Crippen LogP contribution in [0.5, 0.6) is 0 Å². The van der Waals surface area contributed by atoms with E-state index in [1.165, 1.54) is 54.8 Å². The van der Waals surface area contributed by atoms with E-state index in [4.69, 9.17) is 4.42 Å². The second-order valence-electron chi connectivity index (χ2n) is 7.18. The van der Waals surface area contributed by atoms with Crippen molar-refractivity contribution in [2.75, 3.05) is 5.32 Å². The molecule has 1 heterocycles. The van der Waals surface area contributed by atoms with Gasteiger partial charge in [0.15, 0.2) is 0 Å². The summed E-state index contributed by atoms with van der Waals surface area (Å²) in [6.45, 7) is 3.45. The molecule has 0 aliphatic rings. The lowest BCUT2D eigenvalue weighted by atomic mass is 10.2. The van der Waals surface area contributed by atoms with Gasteiger partial charge in [-0.15, -0.1) is 0 Å². The predicted octanol–water partition coefficient (Wildman–Crippen LogP) is 2.70. The lowest BCUT2D eigenvalue weighted by Crippen LogP contribution is -2.30. The first-order valence-corrected chi connectivity index (χ1v) is 12.6. The van der Waals surface area contributed by atoms with E-state index >= 15 is 0 Å². The Balaban J connectivity index is 1.64. The minimum absolute atomic E-state index is 0.00724. The van der Waals surface area contributed by atoms with Gasteiger partial charge < -0.3 is 9.73 Å². The van der Waals surface area contributed by atoms with E-state index in [0.29, 0.717) is 11.4 Å². The molecule has 2 aromatic carbocycles. The fourth-order valence-corrected chi connectivity index (χ4v) is 4.99. The molecular weight excluding hydrogens is 454 g/mol. The number of benzene rings is 2. The molecule has 0 fully saturated rings. The maximum Gasteiger partial charge on any atom is 0.255 e. The Kier molecular flexibility index (Phi) is 7.14. The van der Waals surface area contributed by atoms with Crippen molar-refractivity contribution in [3.63, 3.8) is 0 Å². The number of nitrogens with one attached hydrogen (secondary N) is 3. The van der Waals surface area contributed by atoms with Crippen molar-refractivity contribution in [3.05, 3.63) is 78.3 Å². The van der Waals surface area contributed by atoms with Crippen molar-refractivity contribution in [2.24, 2.45) is 0 Å². The van der Waals surface area contributed by atoms with E-state index < -0.39 is 26.0 Å². The highest BCUT2D eigenvalue weighted by molar-refractivity contribution is 7.89. The van der Waals surface area contributed by atoms with E-state index in [-0.39, 0.29) is 27.9 Å². The van der Waals surface area contributed by atoms with Crippen molar-refractivity contribution < 1.29 is 26.0 Å². The van der Waals surface area contributed by atoms with Crippen LogP contribution in [0, 0.1) is 0 Å². The van der Waals surface area contributed by atoms with E-state index in [1.807, 2.05) is 0 Å². The highest BCUT2D eigenvalue weighted by atomic mass is 32.2. The van der Waals surface area contributed by atoms with E-state index in [9.17, 15) is 21.6 Å².